The van der Waals surface area contributed by atoms with Crippen molar-refractivity contribution in [3.8, 4) is 0 Å². The molecule has 0 spiro atoms. The number of rotatable bonds is 5. The van der Waals surface area contributed by atoms with E-state index < -0.39 is 0 Å². The number of anilines is 1. The highest BCUT2D eigenvalue weighted by Crippen LogP contribution is 2.21. The predicted octanol–water partition coefficient (Wildman–Crippen LogP) is 2.82. The van der Waals surface area contributed by atoms with Gasteiger partial charge in [0, 0.05) is 18.3 Å². The van der Waals surface area contributed by atoms with E-state index in [1.165, 1.54) is 5.56 Å². The monoisotopic (exact) mass is 321 g/mol. The van der Waals surface area contributed by atoms with Crippen LogP contribution < -0.4 is 5.32 Å². The number of aliphatic hydroxyl groups excluding tert-OH is 1. The summed E-state index contributed by atoms with van der Waals surface area (Å²) in [6.07, 6.45) is 3.36. The summed E-state index contributed by atoms with van der Waals surface area (Å²) in [5, 5.41) is 12.7. The van der Waals surface area contributed by atoms with Crippen LogP contribution in [-0.4, -0.2) is 27.7 Å². The standard InChI is InChI=1S/C14H16BrN3O/c1-10(11-5-3-2-4-6-11)13(9-19)18-14-16-7-12(15)8-17-14/h2-8,10,13,19H,9H2,1H3,(H,16,17,18)/t10-,13-/m0/s1. The minimum absolute atomic E-state index is 0.0233. The molecular formula is C14H16BrN3O. The van der Waals surface area contributed by atoms with E-state index in [9.17, 15) is 5.11 Å². The largest absolute Gasteiger partial charge is 0.394 e. The molecule has 0 aliphatic heterocycles. The van der Waals surface area contributed by atoms with Crippen molar-refractivity contribution in [2.24, 2.45) is 0 Å². The fraction of sp³-hybridized carbons (Fsp3) is 0.286. The third-order valence-corrected chi connectivity index (χ3v) is 3.47. The number of nitrogens with one attached hydrogen (secondary N) is 1. The summed E-state index contributed by atoms with van der Waals surface area (Å²) in [5.41, 5.74) is 1.17. The first-order chi connectivity index (χ1) is 9.20. The Morgan fingerprint density at radius 1 is 1.21 bits per heavy atom. The molecule has 100 valence electrons. The highest BCUT2D eigenvalue weighted by Gasteiger charge is 2.18. The second-order valence-corrected chi connectivity index (χ2v) is 5.27. The molecule has 1 aromatic heterocycles. The van der Waals surface area contributed by atoms with Gasteiger partial charge in [-0.05, 0) is 21.5 Å². The lowest BCUT2D eigenvalue weighted by atomic mass is 9.94. The first-order valence-electron chi connectivity index (χ1n) is 6.10. The molecule has 0 unspecified atom stereocenters. The number of halogens is 1. The average Bonchev–Trinajstić information content (AvgIpc) is 2.47. The molecular weight excluding hydrogens is 306 g/mol. The zero-order valence-electron chi connectivity index (χ0n) is 10.6. The Hall–Kier alpha value is -1.46. The van der Waals surface area contributed by atoms with Gasteiger partial charge in [-0.3, -0.25) is 0 Å². The molecule has 4 nitrogen and oxygen atoms in total. The van der Waals surface area contributed by atoms with Gasteiger partial charge in [-0.25, -0.2) is 9.97 Å². The van der Waals surface area contributed by atoms with Crippen molar-refractivity contribution in [1.82, 2.24) is 9.97 Å². The van der Waals surface area contributed by atoms with Crippen LogP contribution in [-0.2, 0) is 0 Å². The first-order valence-corrected chi connectivity index (χ1v) is 6.90. The molecule has 2 rings (SSSR count). The number of benzene rings is 1. The summed E-state index contributed by atoms with van der Waals surface area (Å²) in [7, 11) is 0. The Labute approximate surface area is 121 Å². The average molecular weight is 322 g/mol. The SMILES string of the molecule is C[C@@H](c1ccccc1)[C@H](CO)Nc1ncc(Br)cn1. The van der Waals surface area contributed by atoms with E-state index in [-0.39, 0.29) is 18.6 Å². The van der Waals surface area contributed by atoms with Gasteiger partial charge < -0.3 is 10.4 Å². The summed E-state index contributed by atoms with van der Waals surface area (Å²) < 4.78 is 0.828. The summed E-state index contributed by atoms with van der Waals surface area (Å²) >= 11 is 3.29. The van der Waals surface area contributed by atoms with Crippen LogP contribution in [0, 0.1) is 0 Å². The molecule has 0 saturated carbocycles. The van der Waals surface area contributed by atoms with Crippen LogP contribution in [0.5, 0.6) is 0 Å². The van der Waals surface area contributed by atoms with E-state index in [0.29, 0.717) is 5.95 Å². The topological polar surface area (TPSA) is 58.0 Å². The summed E-state index contributed by atoms with van der Waals surface area (Å²) in [4.78, 5) is 8.32. The molecule has 2 N–H and O–H groups in total. The van der Waals surface area contributed by atoms with E-state index >= 15 is 0 Å². The van der Waals surface area contributed by atoms with Crippen molar-refractivity contribution >= 4 is 21.9 Å². The smallest absolute Gasteiger partial charge is 0.222 e. The maximum Gasteiger partial charge on any atom is 0.222 e. The van der Waals surface area contributed by atoms with Crippen LogP contribution in [0.3, 0.4) is 0 Å². The van der Waals surface area contributed by atoms with Gasteiger partial charge >= 0.3 is 0 Å². The van der Waals surface area contributed by atoms with E-state index in [1.54, 1.807) is 12.4 Å². The molecule has 0 radical (unpaired) electrons. The van der Waals surface area contributed by atoms with Crippen molar-refractivity contribution in [2.45, 2.75) is 18.9 Å². The fourth-order valence-corrected chi connectivity index (χ4v) is 2.08. The lowest BCUT2D eigenvalue weighted by Gasteiger charge is -2.23. The van der Waals surface area contributed by atoms with Gasteiger partial charge in [0.05, 0.1) is 17.1 Å². The molecule has 0 saturated heterocycles. The lowest BCUT2D eigenvalue weighted by Crippen LogP contribution is -2.30. The highest BCUT2D eigenvalue weighted by molar-refractivity contribution is 9.10. The van der Waals surface area contributed by atoms with Gasteiger partial charge in [0.2, 0.25) is 5.95 Å². The summed E-state index contributed by atoms with van der Waals surface area (Å²) in [5.74, 6) is 0.684. The number of aromatic nitrogens is 2. The molecule has 2 aromatic rings. The molecule has 19 heavy (non-hydrogen) atoms. The molecule has 0 aliphatic rings. The maximum absolute atomic E-state index is 9.55. The molecule has 2 atom stereocenters. The van der Waals surface area contributed by atoms with Gasteiger partial charge in [-0.2, -0.15) is 0 Å². The third kappa shape index (κ3) is 3.75. The Bertz CT molecular complexity index is 504. The molecule has 0 bridgehead atoms. The van der Waals surface area contributed by atoms with Gasteiger partial charge in [-0.1, -0.05) is 37.3 Å². The van der Waals surface area contributed by atoms with E-state index in [0.717, 1.165) is 4.47 Å². The van der Waals surface area contributed by atoms with E-state index in [2.05, 4.69) is 50.3 Å². The molecule has 5 heteroatoms. The van der Waals surface area contributed by atoms with E-state index in [1.807, 2.05) is 18.2 Å². The van der Waals surface area contributed by atoms with Gasteiger partial charge in [-0.15, -0.1) is 0 Å². The van der Waals surface area contributed by atoms with Crippen LogP contribution >= 0.6 is 15.9 Å². The first kappa shape index (κ1) is 14.0. The summed E-state index contributed by atoms with van der Waals surface area (Å²) in [6.45, 7) is 2.09. The third-order valence-electron chi connectivity index (χ3n) is 3.06. The predicted molar refractivity (Wildman–Crippen MR) is 79.1 cm³/mol. The van der Waals surface area contributed by atoms with Crippen LogP contribution in [0.2, 0.25) is 0 Å². The normalized spacial score (nSPS) is 13.8. The number of hydrogen-bond acceptors (Lipinski definition) is 4. The van der Waals surface area contributed by atoms with Crippen molar-refractivity contribution in [2.75, 3.05) is 11.9 Å². The molecule has 0 amide bonds. The molecule has 0 aliphatic carbocycles. The van der Waals surface area contributed by atoms with Crippen LogP contribution in [0.25, 0.3) is 0 Å². The summed E-state index contributed by atoms with van der Waals surface area (Å²) in [6, 6.07) is 9.96. The Morgan fingerprint density at radius 2 is 1.84 bits per heavy atom. The quantitative estimate of drug-likeness (QED) is 0.889. The van der Waals surface area contributed by atoms with Gasteiger partial charge in [0.25, 0.3) is 0 Å². The van der Waals surface area contributed by atoms with Crippen molar-refractivity contribution < 1.29 is 5.11 Å². The zero-order chi connectivity index (χ0) is 13.7. The van der Waals surface area contributed by atoms with Crippen molar-refractivity contribution in [3.63, 3.8) is 0 Å². The number of nitrogens with zero attached hydrogens (tertiary/aromatic N) is 2. The van der Waals surface area contributed by atoms with E-state index in [4.69, 9.17) is 0 Å². The van der Waals surface area contributed by atoms with Crippen LogP contribution in [0.4, 0.5) is 5.95 Å². The van der Waals surface area contributed by atoms with Gasteiger partial charge in [0.15, 0.2) is 0 Å². The minimum Gasteiger partial charge on any atom is -0.394 e. The Morgan fingerprint density at radius 3 is 2.42 bits per heavy atom. The highest BCUT2D eigenvalue weighted by atomic mass is 79.9. The molecule has 0 fully saturated rings. The number of hydrogen-bond donors (Lipinski definition) is 2. The fourth-order valence-electron chi connectivity index (χ4n) is 1.87. The Kier molecular flexibility index (Phi) is 4.87. The second-order valence-electron chi connectivity index (χ2n) is 4.36. The second kappa shape index (κ2) is 6.63. The van der Waals surface area contributed by atoms with Crippen molar-refractivity contribution in [3.05, 3.63) is 52.8 Å². The Balaban J connectivity index is 2.10. The number of aliphatic hydroxyl groups is 1. The molecule has 1 aromatic carbocycles. The van der Waals surface area contributed by atoms with Crippen molar-refractivity contribution in [1.29, 1.82) is 0 Å². The zero-order valence-corrected chi connectivity index (χ0v) is 12.2. The van der Waals surface area contributed by atoms with Crippen LogP contribution in [0.1, 0.15) is 18.4 Å². The maximum atomic E-state index is 9.55. The van der Waals surface area contributed by atoms with Crippen LogP contribution in [0.15, 0.2) is 47.2 Å². The molecule has 1 heterocycles. The van der Waals surface area contributed by atoms with Gasteiger partial charge in [0.1, 0.15) is 0 Å². The minimum atomic E-state index is -0.122. The lowest BCUT2D eigenvalue weighted by molar-refractivity contribution is 0.261.